The first-order valence-electron chi connectivity index (χ1n) is 11.6. The summed E-state index contributed by atoms with van der Waals surface area (Å²) >= 11 is 0. The molecule has 196 valence electrons. The van der Waals surface area contributed by atoms with Crippen LogP contribution in [0.2, 0.25) is 0 Å². The van der Waals surface area contributed by atoms with Gasteiger partial charge in [0.2, 0.25) is 0 Å². The molecule has 0 radical (unpaired) electrons. The molecule has 1 rings (SSSR count). The Morgan fingerprint density at radius 1 is 0.900 bits per heavy atom. The van der Waals surface area contributed by atoms with Crippen LogP contribution >= 0.6 is 0 Å². The topological polar surface area (TPSA) is 72.8 Å². The summed E-state index contributed by atoms with van der Waals surface area (Å²) in [7, 11) is 0. The van der Waals surface area contributed by atoms with Crippen molar-refractivity contribution in [2.75, 3.05) is 13.2 Å². The smallest absolute Gasteiger partial charge is 0.333 e. The summed E-state index contributed by atoms with van der Waals surface area (Å²) < 4.78 is 9.81. The second-order valence-corrected chi connectivity index (χ2v) is 7.23. The molecule has 0 bridgehead atoms. The Morgan fingerprint density at radius 3 is 1.88 bits per heavy atom. The number of carbonyl (C=O) groups excluding carboxylic acids is 2. The molecule has 0 aliphatic heterocycles. The minimum Gasteiger partial charge on any atom is -0.460 e. The summed E-state index contributed by atoms with van der Waals surface area (Å²) in [6, 6.07) is 9.50. The monoisotopic (exact) mass is 526 g/mol. The predicted molar refractivity (Wildman–Crippen MR) is 156 cm³/mol. The van der Waals surface area contributed by atoms with Gasteiger partial charge in [0.25, 0.3) is 0 Å². The van der Waals surface area contributed by atoms with E-state index >= 15 is 0 Å². The Labute approximate surface area is 237 Å². The third kappa shape index (κ3) is 20.3. The van der Waals surface area contributed by atoms with Gasteiger partial charge in [-0.05, 0) is 115 Å². The van der Waals surface area contributed by atoms with Crippen LogP contribution in [0, 0.1) is 101 Å². The maximum absolute atomic E-state index is 11.9. The number of hydrogen-bond acceptors (Lipinski definition) is 5. The number of carbonyl (C=O) groups is 2. The van der Waals surface area contributed by atoms with Gasteiger partial charge in [-0.15, -0.1) is 6.42 Å². The molecule has 1 N–H and O–H groups in total. The minimum atomic E-state index is -0.455. The molecule has 0 fully saturated rings. The third-order valence-electron chi connectivity index (χ3n) is 4.01. The number of aliphatic hydroxyl groups is 1. The van der Waals surface area contributed by atoms with Crippen molar-refractivity contribution in [2.24, 2.45) is 5.92 Å². The molecular formula is C35H26O5. The van der Waals surface area contributed by atoms with Crippen molar-refractivity contribution in [2.45, 2.75) is 26.9 Å². The first-order valence-corrected chi connectivity index (χ1v) is 11.6. The largest absolute Gasteiger partial charge is 0.460 e. The number of ether oxygens (including phenoxy) is 2. The summed E-state index contributed by atoms with van der Waals surface area (Å²) in [6.45, 7) is 8.45. The van der Waals surface area contributed by atoms with Crippen LogP contribution in [0.5, 0.6) is 0 Å². The highest BCUT2D eigenvalue weighted by molar-refractivity contribution is 5.87. The maximum atomic E-state index is 11.9. The maximum Gasteiger partial charge on any atom is 0.333 e. The van der Waals surface area contributed by atoms with E-state index in [2.05, 4.69) is 100 Å². The molecule has 0 aliphatic carbocycles. The average Bonchev–Trinajstić information content (AvgIpc) is 2.95. The molecule has 0 aromatic heterocycles. The zero-order valence-corrected chi connectivity index (χ0v) is 22.5. The lowest BCUT2D eigenvalue weighted by Crippen LogP contribution is -2.19. The van der Waals surface area contributed by atoms with Crippen LogP contribution in [0.15, 0.2) is 48.6 Å². The van der Waals surface area contributed by atoms with Gasteiger partial charge >= 0.3 is 11.9 Å². The molecule has 1 aromatic rings. The van der Waals surface area contributed by atoms with Gasteiger partial charge in [0.15, 0.2) is 0 Å². The highest BCUT2D eigenvalue weighted by atomic mass is 16.5. The zero-order chi connectivity index (χ0) is 29.8. The van der Waals surface area contributed by atoms with Crippen LogP contribution in [0.4, 0.5) is 0 Å². The fraction of sp³-hybridized carbons (Fsp3) is 0.200. The summed E-state index contributed by atoms with van der Waals surface area (Å²) in [5.41, 5.74) is 1.27. The van der Waals surface area contributed by atoms with Gasteiger partial charge in [0.1, 0.15) is 12.7 Å². The number of esters is 2. The molecule has 40 heavy (non-hydrogen) atoms. The standard InChI is InChI=1S/C29H16O2.C6H10O3/c1-4-5-6-7-8-9-10-11-12-13-14-15-16-18-21-26(2)27(3)31-29(30)25-24-28-22-19-17-20-23-28;1-5(2)6(8)9-4-3-7/h1,17,19-20,22-27H,2-3H3;7H,1,3-4H2,2H3/b25-24-;. The van der Waals surface area contributed by atoms with Gasteiger partial charge in [-0.1, -0.05) is 42.8 Å². The van der Waals surface area contributed by atoms with E-state index in [9.17, 15) is 9.59 Å². The molecule has 0 spiro atoms. The number of aliphatic hydroxyl groups excluding tert-OH is 1. The van der Waals surface area contributed by atoms with E-state index in [0.29, 0.717) is 5.57 Å². The summed E-state index contributed by atoms with van der Waals surface area (Å²) in [4.78, 5) is 22.4. The van der Waals surface area contributed by atoms with Crippen LogP contribution in [0.1, 0.15) is 26.3 Å². The predicted octanol–water partition coefficient (Wildman–Crippen LogP) is 3.02. The van der Waals surface area contributed by atoms with Crippen molar-refractivity contribution in [3.8, 4) is 95.2 Å². The van der Waals surface area contributed by atoms with E-state index in [1.165, 1.54) is 6.08 Å². The summed E-state index contributed by atoms with van der Waals surface area (Å²) in [6.07, 6.45) is 7.66. The Bertz CT molecular complexity index is 1540. The lowest BCUT2D eigenvalue weighted by Gasteiger charge is -2.14. The summed E-state index contributed by atoms with van der Waals surface area (Å²) in [5.74, 6) is 36.6. The Kier molecular flexibility index (Phi) is 20.0. The lowest BCUT2D eigenvalue weighted by atomic mass is 10.1. The van der Waals surface area contributed by atoms with Crippen LogP contribution in [0.3, 0.4) is 0 Å². The third-order valence-corrected chi connectivity index (χ3v) is 4.01. The van der Waals surface area contributed by atoms with Crippen LogP contribution in [-0.4, -0.2) is 36.4 Å². The number of benzene rings is 1. The van der Waals surface area contributed by atoms with E-state index in [1.807, 2.05) is 37.3 Å². The number of rotatable bonds is 7. The van der Waals surface area contributed by atoms with Crippen LogP contribution in [-0.2, 0) is 19.1 Å². The Morgan fingerprint density at radius 2 is 1.40 bits per heavy atom. The van der Waals surface area contributed by atoms with E-state index in [4.69, 9.17) is 16.3 Å². The SMILES string of the molecule is C#CC#CC#CC#CC#CC#CC#CC#CC(C)C(C)OC(=O)/C=C\c1ccccc1.C=C(C)C(=O)OCCO. The Hall–Kier alpha value is -5.92. The fourth-order valence-electron chi connectivity index (χ4n) is 1.96. The van der Waals surface area contributed by atoms with Crippen LogP contribution < -0.4 is 0 Å². The molecule has 0 saturated carbocycles. The molecule has 0 saturated heterocycles. The Balaban J connectivity index is 0.00000144. The number of hydrogen-bond donors (Lipinski definition) is 1. The van der Waals surface area contributed by atoms with E-state index in [-0.39, 0.29) is 25.2 Å². The van der Waals surface area contributed by atoms with Crippen molar-refractivity contribution in [3.63, 3.8) is 0 Å². The molecule has 0 heterocycles. The lowest BCUT2D eigenvalue weighted by molar-refractivity contribution is -0.143. The van der Waals surface area contributed by atoms with E-state index < -0.39 is 11.9 Å². The normalized spacial score (nSPS) is 9.28. The fourth-order valence-corrected chi connectivity index (χ4v) is 1.96. The molecule has 1 aromatic carbocycles. The van der Waals surface area contributed by atoms with Crippen molar-refractivity contribution >= 4 is 18.0 Å². The van der Waals surface area contributed by atoms with Gasteiger partial charge < -0.3 is 14.6 Å². The van der Waals surface area contributed by atoms with Crippen molar-refractivity contribution in [3.05, 3.63) is 54.1 Å². The molecule has 5 nitrogen and oxygen atoms in total. The van der Waals surface area contributed by atoms with E-state index in [0.717, 1.165) is 5.56 Å². The molecule has 2 unspecified atom stereocenters. The zero-order valence-electron chi connectivity index (χ0n) is 22.5. The van der Waals surface area contributed by atoms with Crippen molar-refractivity contribution in [1.29, 1.82) is 0 Å². The first kappa shape index (κ1) is 34.1. The number of terminal acetylenes is 1. The first-order chi connectivity index (χ1) is 19.3. The van der Waals surface area contributed by atoms with Gasteiger partial charge in [0, 0.05) is 11.6 Å². The highest BCUT2D eigenvalue weighted by Gasteiger charge is 2.13. The minimum absolute atomic E-state index is 0.0473. The van der Waals surface area contributed by atoms with Crippen LogP contribution in [0.25, 0.3) is 6.08 Å². The quantitative estimate of drug-likeness (QED) is 0.336. The molecule has 2 atom stereocenters. The average molecular weight is 527 g/mol. The van der Waals surface area contributed by atoms with Gasteiger partial charge in [-0.2, -0.15) is 0 Å². The van der Waals surface area contributed by atoms with E-state index in [1.54, 1.807) is 19.9 Å². The molecule has 0 aliphatic rings. The van der Waals surface area contributed by atoms with Gasteiger partial charge in [0.05, 0.1) is 12.5 Å². The van der Waals surface area contributed by atoms with Gasteiger partial charge in [-0.25, -0.2) is 9.59 Å². The molecule has 5 heteroatoms. The molecule has 0 amide bonds. The second-order valence-electron chi connectivity index (χ2n) is 7.23. The van der Waals surface area contributed by atoms with Gasteiger partial charge in [-0.3, -0.25) is 0 Å². The second kappa shape index (κ2) is 23.5. The molecular weight excluding hydrogens is 500 g/mol. The van der Waals surface area contributed by atoms with Crippen molar-refractivity contribution in [1.82, 2.24) is 0 Å². The van der Waals surface area contributed by atoms with Crippen molar-refractivity contribution < 1.29 is 24.2 Å². The summed E-state index contributed by atoms with van der Waals surface area (Å²) in [5, 5.41) is 8.19. The highest BCUT2D eigenvalue weighted by Crippen LogP contribution is 2.07.